The number of amides is 3. The van der Waals surface area contributed by atoms with E-state index in [9.17, 15) is 14.4 Å². The second kappa shape index (κ2) is 9.15. The molecule has 0 aliphatic rings. The number of aryl methyl sites for hydroxylation is 2. The predicted molar refractivity (Wildman–Crippen MR) is 103 cm³/mol. The molecule has 138 valence electrons. The third kappa shape index (κ3) is 5.42. The highest BCUT2D eigenvalue weighted by molar-refractivity contribution is 7.13. The summed E-state index contributed by atoms with van der Waals surface area (Å²) in [5, 5.41) is 5.40. The summed E-state index contributed by atoms with van der Waals surface area (Å²) in [6.07, 6.45) is 0.805. The van der Waals surface area contributed by atoms with E-state index in [0.29, 0.717) is 4.88 Å². The van der Waals surface area contributed by atoms with Crippen LogP contribution in [0.4, 0.5) is 5.69 Å². The fourth-order valence-corrected chi connectivity index (χ4v) is 3.16. The zero-order valence-corrected chi connectivity index (χ0v) is 16.0. The van der Waals surface area contributed by atoms with Gasteiger partial charge in [0.25, 0.3) is 5.91 Å². The maximum Gasteiger partial charge on any atom is 0.261 e. The first-order valence-electron chi connectivity index (χ1n) is 8.37. The van der Waals surface area contributed by atoms with Crippen LogP contribution >= 0.6 is 11.3 Å². The lowest BCUT2D eigenvalue weighted by molar-refractivity contribution is -0.132. The van der Waals surface area contributed by atoms with Crippen molar-refractivity contribution in [2.75, 3.05) is 25.5 Å². The number of thiophene rings is 1. The lowest BCUT2D eigenvalue weighted by atomic mass is 10.1. The van der Waals surface area contributed by atoms with Crippen molar-refractivity contribution >= 4 is 34.7 Å². The molecule has 0 atom stereocenters. The van der Waals surface area contributed by atoms with Crippen LogP contribution in [-0.2, 0) is 16.0 Å². The van der Waals surface area contributed by atoms with Gasteiger partial charge in [-0.15, -0.1) is 11.3 Å². The maximum atomic E-state index is 12.2. The van der Waals surface area contributed by atoms with Crippen LogP contribution in [0.15, 0.2) is 36.4 Å². The molecule has 0 bridgehead atoms. The van der Waals surface area contributed by atoms with Gasteiger partial charge in [-0.25, -0.2) is 0 Å². The van der Waals surface area contributed by atoms with E-state index >= 15 is 0 Å². The van der Waals surface area contributed by atoms with Gasteiger partial charge in [-0.3, -0.25) is 14.4 Å². The number of rotatable bonds is 7. The summed E-state index contributed by atoms with van der Waals surface area (Å²) in [7, 11) is 1.54. The van der Waals surface area contributed by atoms with E-state index in [1.54, 1.807) is 6.07 Å². The first kappa shape index (κ1) is 19.7. The molecule has 0 aliphatic heterocycles. The number of anilines is 1. The lowest BCUT2D eigenvalue weighted by Crippen LogP contribution is -2.41. The summed E-state index contributed by atoms with van der Waals surface area (Å²) in [4.78, 5) is 39.2. The molecule has 2 rings (SSSR count). The molecule has 26 heavy (non-hydrogen) atoms. The Balaban J connectivity index is 1.82. The van der Waals surface area contributed by atoms with Crippen molar-refractivity contribution in [1.29, 1.82) is 0 Å². The standard InChI is InChI=1S/C19H23N3O3S/c1-4-14-7-5-6-8-15(14)21-17(23)12-22(3)18(24)11-20-19(25)16-10-9-13(2)26-16/h5-10H,4,11-12H2,1-3H3,(H,20,25)(H,21,23). The number of likely N-dealkylation sites (N-methyl/N-ethyl adjacent to an activating group) is 1. The number of hydrogen-bond acceptors (Lipinski definition) is 4. The fraction of sp³-hybridized carbons (Fsp3) is 0.316. The number of carbonyl (C=O) groups excluding carboxylic acids is 3. The Morgan fingerprint density at radius 2 is 1.85 bits per heavy atom. The van der Waals surface area contributed by atoms with Gasteiger partial charge in [-0.05, 0) is 37.1 Å². The van der Waals surface area contributed by atoms with Gasteiger partial charge >= 0.3 is 0 Å². The summed E-state index contributed by atoms with van der Waals surface area (Å²) in [5.41, 5.74) is 1.79. The summed E-state index contributed by atoms with van der Waals surface area (Å²) in [5.74, 6) is -0.890. The summed E-state index contributed by atoms with van der Waals surface area (Å²) >= 11 is 1.37. The fourth-order valence-electron chi connectivity index (χ4n) is 2.38. The molecule has 1 heterocycles. The molecule has 0 spiro atoms. The van der Waals surface area contributed by atoms with Crippen molar-refractivity contribution in [3.05, 3.63) is 51.7 Å². The van der Waals surface area contributed by atoms with Crippen LogP contribution in [0.25, 0.3) is 0 Å². The SMILES string of the molecule is CCc1ccccc1NC(=O)CN(C)C(=O)CNC(=O)c1ccc(C)s1. The molecule has 0 radical (unpaired) electrons. The molecule has 0 saturated carbocycles. The smallest absolute Gasteiger partial charge is 0.261 e. The molecule has 0 aliphatic carbocycles. The first-order chi connectivity index (χ1) is 12.4. The molecule has 6 nitrogen and oxygen atoms in total. The minimum atomic E-state index is -0.328. The van der Waals surface area contributed by atoms with Crippen LogP contribution in [0, 0.1) is 6.92 Å². The van der Waals surface area contributed by atoms with Gasteiger partial charge in [0, 0.05) is 17.6 Å². The van der Waals surface area contributed by atoms with Gasteiger partial charge in [0.2, 0.25) is 11.8 Å². The summed E-state index contributed by atoms with van der Waals surface area (Å²) < 4.78 is 0. The molecule has 0 unspecified atom stereocenters. The van der Waals surface area contributed by atoms with Crippen LogP contribution < -0.4 is 10.6 Å². The molecular weight excluding hydrogens is 350 g/mol. The number of hydrogen-bond donors (Lipinski definition) is 2. The Morgan fingerprint density at radius 3 is 2.50 bits per heavy atom. The Labute approximate surface area is 157 Å². The zero-order valence-electron chi connectivity index (χ0n) is 15.2. The quantitative estimate of drug-likeness (QED) is 0.782. The number of nitrogens with zero attached hydrogens (tertiary/aromatic N) is 1. The third-order valence-electron chi connectivity index (χ3n) is 3.84. The van der Waals surface area contributed by atoms with Crippen LogP contribution in [-0.4, -0.2) is 42.8 Å². The van der Waals surface area contributed by atoms with Crippen LogP contribution in [0.1, 0.15) is 27.0 Å². The van der Waals surface area contributed by atoms with E-state index in [4.69, 9.17) is 0 Å². The zero-order chi connectivity index (χ0) is 19.1. The molecule has 3 amide bonds. The largest absolute Gasteiger partial charge is 0.342 e. The van der Waals surface area contributed by atoms with Crippen molar-refractivity contribution < 1.29 is 14.4 Å². The van der Waals surface area contributed by atoms with Crippen molar-refractivity contribution in [1.82, 2.24) is 10.2 Å². The highest BCUT2D eigenvalue weighted by atomic mass is 32.1. The van der Waals surface area contributed by atoms with Gasteiger partial charge in [0.1, 0.15) is 0 Å². The van der Waals surface area contributed by atoms with Gasteiger partial charge in [-0.1, -0.05) is 25.1 Å². The average Bonchev–Trinajstić information content (AvgIpc) is 3.06. The Morgan fingerprint density at radius 1 is 1.12 bits per heavy atom. The van der Waals surface area contributed by atoms with Gasteiger partial charge in [0.15, 0.2) is 0 Å². The average molecular weight is 373 g/mol. The molecule has 0 saturated heterocycles. The van der Waals surface area contributed by atoms with Crippen molar-refractivity contribution in [2.45, 2.75) is 20.3 Å². The third-order valence-corrected chi connectivity index (χ3v) is 4.84. The summed E-state index contributed by atoms with van der Waals surface area (Å²) in [6, 6.07) is 11.1. The summed E-state index contributed by atoms with van der Waals surface area (Å²) in [6.45, 7) is 3.70. The number of benzene rings is 1. The molecule has 7 heteroatoms. The van der Waals surface area contributed by atoms with Crippen LogP contribution in [0.5, 0.6) is 0 Å². The van der Waals surface area contributed by atoms with Gasteiger partial charge in [-0.2, -0.15) is 0 Å². The molecule has 0 fully saturated rings. The van der Waals surface area contributed by atoms with E-state index < -0.39 is 0 Å². The van der Waals surface area contributed by atoms with Gasteiger partial charge in [0.05, 0.1) is 18.0 Å². The van der Waals surface area contributed by atoms with E-state index in [1.165, 1.54) is 23.3 Å². The highest BCUT2D eigenvalue weighted by Crippen LogP contribution is 2.15. The highest BCUT2D eigenvalue weighted by Gasteiger charge is 2.16. The second-order valence-electron chi connectivity index (χ2n) is 5.90. The maximum absolute atomic E-state index is 12.2. The van der Waals surface area contributed by atoms with Crippen LogP contribution in [0.2, 0.25) is 0 Å². The molecular formula is C19H23N3O3S. The monoisotopic (exact) mass is 373 g/mol. The van der Waals surface area contributed by atoms with Gasteiger partial charge < -0.3 is 15.5 Å². The van der Waals surface area contributed by atoms with Crippen molar-refractivity contribution in [3.8, 4) is 0 Å². The topological polar surface area (TPSA) is 78.5 Å². The minimum Gasteiger partial charge on any atom is -0.342 e. The number of para-hydroxylation sites is 1. The van der Waals surface area contributed by atoms with E-state index in [2.05, 4.69) is 10.6 Å². The Kier molecular flexibility index (Phi) is 6.91. The van der Waals surface area contributed by atoms with E-state index in [1.807, 2.05) is 44.2 Å². The molecule has 1 aromatic heterocycles. The normalized spacial score (nSPS) is 10.3. The predicted octanol–water partition coefficient (Wildman–Crippen LogP) is 2.45. The second-order valence-corrected chi connectivity index (χ2v) is 7.19. The Hall–Kier alpha value is -2.67. The number of carbonyl (C=O) groups is 3. The first-order valence-corrected chi connectivity index (χ1v) is 9.18. The van der Waals surface area contributed by atoms with Crippen molar-refractivity contribution in [2.24, 2.45) is 0 Å². The minimum absolute atomic E-state index is 0.0785. The molecule has 2 aromatic rings. The number of nitrogens with one attached hydrogen (secondary N) is 2. The molecule has 2 N–H and O–H groups in total. The van der Waals surface area contributed by atoms with E-state index in [-0.39, 0.29) is 30.8 Å². The molecule has 1 aromatic carbocycles. The van der Waals surface area contributed by atoms with Crippen LogP contribution in [0.3, 0.4) is 0 Å². The van der Waals surface area contributed by atoms with E-state index in [0.717, 1.165) is 22.5 Å². The lowest BCUT2D eigenvalue weighted by Gasteiger charge is -2.17. The van der Waals surface area contributed by atoms with Crippen molar-refractivity contribution in [3.63, 3.8) is 0 Å². The Bertz CT molecular complexity index is 801.